The molecule has 0 N–H and O–H groups in total. The van der Waals surface area contributed by atoms with Crippen molar-refractivity contribution >= 4 is 27.6 Å². The van der Waals surface area contributed by atoms with Crippen LogP contribution < -0.4 is 5.22 Å². The largest absolute Gasteiger partial charge is 0.0763 e. The summed E-state index contributed by atoms with van der Waals surface area (Å²) in [6.45, 7) is 4.57. The van der Waals surface area contributed by atoms with Crippen LogP contribution in [0, 0.1) is 0 Å². The average Bonchev–Trinajstić information content (AvgIpc) is 2.44. The zero-order chi connectivity index (χ0) is 13.0. The van der Waals surface area contributed by atoms with E-state index in [1.165, 1.54) is 50.7 Å². The second-order valence-electron chi connectivity index (χ2n) is 5.95. The van der Waals surface area contributed by atoms with E-state index in [0.717, 1.165) is 0 Å². The van der Waals surface area contributed by atoms with Crippen molar-refractivity contribution in [2.75, 3.05) is 0 Å². The van der Waals surface area contributed by atoms with Crippen LogP contribution in [0.15, 0.2) is 36.4 Å². The highest BCUT2D eigenvalue weighted by molar-refractivity contribution is 6.13. The number of benzene rings is 3. The van der Waals surface area contributed by atoms with Gasteiger partial charge in [-0.25, -0.2) is 0 Å². The summed E-state index contributed by atoms with van der Waals surface area (Å²) in [5, 5.41) is 7.25. The van der Waals surface area contributed by atoms with Crippen molar-refractivity contribution in [3.05, 3.63) is 52.7 Å². The lowest BCUT2D eigenvalue weighted by Crippen LogP contribution is -2.10. The summed E-state index contributed by atoms with van der Waals surface area (Å²) in [4.78, 5) is 0. The van der Waals surface area contributed by atoms with Gasteiger partial charge in [-0.15, -0.1) is 0 Å². The number of hydrogen-bond acceptors (Lipinski definition) is 0. The second kappa shape index (κ2) is 3.84. The number of aryl methyl sites for hydroxylation is 1. The fourth-order valence-electron chi connectivity index (χ4n) is 3.54. The Bertz CT molecular complexity index is 837. The summed E-state index contributed by atoms with van der Waals surface area (Å²) < 4.78 is 0. The lowest BCUT2D eigenvalue weighted by Gasteiger charge is -2.18. The Hall–Kier alpha value is -1.82. The van der Waals surface area contributed by atoms with E-state index >= 15 is 0 Å². The van der Waals surface area contributed by atoms with Crippen molar-refractivity contribution in [2.45, 2.75) is 32.6 Å². The summed E-state index contributed by atoms with van der Waals surface area (Å²) in [5.74, 6) is 0.578. The molecule has 3 aromatic rings. The predicted molar refractivity (Wildman–Crippen MR) is 83.5 cm³/mol. The molecular weight excluding hydrogens is 228 g/mol. The molecule has 0 saturated heterocycles. The van der Waals surface area contributed by atoms with Crippen LogP contribution in [0.5, 0.6) is 0 Å². The zero-order valence-corrected chi connectivity index (χ0v) is 11.5. The van der Waals surface area contributed by atoms with Gasteiger partial charge in [0.1, 0.15) is 0 Å². The lowest BCUT2D eigenvalue weighted by molar-refractivity contribution is 0.877. The third-order valence-corrected chi connectivity index (χ3v) is 4.46. The Balaban J connectivity index is 2.31. The van der Waals surface area contributed by atoms with E-state index in [4.69, 9.17) is 0 Å². The van der Waals surface area contributed by atoms with E-state index in [0.29, 0.717) is 5.92 Å². The first kappa shape index (κ1) is 11.0. The average molecular weight is 246 g/mol. The van der Waals surface area contributed by atoms with E-state index in [1.54, 1.807) is 0 Å². The third kappa shape index (κ3) is 1.46. The number of rotatable bonds is 1. The minimum atomic E-state index is 0.578. The summed E-state index contributed by atoms with van der Waals surface area (Å²) >= 11 is 0. The van der Waals surface area contributed by atoms with Gasteiger partial charge in [-0.2, -0.15) is 0 Å². The van der Waals surface area contributed by atoms with Crippen molar-refractivity contribution < 1.29 is 0 Å². The van der Waals surface area contributed by atoms with Gasteiger partial charge in [0.25, 0.3) is 0 Å². The topological polar surface area (TPSA) is 0 Å². The molecule has 0 nitrogen and oxygen atoms in total. The Morgan fingerprint density at radius 3 is 2.58 bits per heavy atom. The Morgan fingerprint density at radius 1 is 0.895 bits per heavy atom. The molecular formula is C19H18. The monoisotopic (exact) mass is 246 g/mol. The van der Waals surface area contributed by atoms with Gasteiger partial charge < -0.3 is 0 Å². The molecule has 4 rings (SSSR count). The summed E-state index contributed by atoms with van der Waals surface area (Å²) in [6, 6.07) is 13.8. The highest BCUT2D eigenvalue weighted by atomic mass is 14.2. The highest BCUT2D eigenvalue weighted by Gasteiger charge is 2.14. The van der Waals surface area contributed by atoms with Crippen molar-refractivity contribution in [2.24, 2.45) is 0 Å². The van der Waals surface area contributed by atoms with Gasteiger partial charge in [0.05, 0.1) is 0 Å². The molecule has 0 heteroatoms. The summed E-state index contributed by atoms with van der Waals surface area (Å²) in [6.07, 6.45) is 4.76. The quantitative estimate of drug-likeness (QED) is 0.590. The van der Waals surface area contributed by atoms with Crippen molar-refractivity contribution in [1.29, 1.82) is 0 Å². The Labute approximate surface area is 113 Å². The van der Waals surface area contributed by atoms with Gasteiger partial charge in [0.15, 0.2) is 0 Å². The van der Waals surface area contributed by atoms with Crippen LogP contribution in [0.1, 0.15) is 37.3 Å². The first-order valence-corrected chi connectivity index (χ1v) is 7.23. The SMILES string of the molecule is CC(C)c1ccc2ccc3c4c(ccc1c24)CCC=3. The van der Waals surface area contributed by atoms with Gasteiger partial charge in [-0.1, -0.05) is 56.3 Å². The van der Waals surface area contributed by atoms with Crippen LogP contribution in [0.3, 0.4) is 0 Å². The van der Waals surface area contributed by atoms with E-state index in [2.05, 4.69) is 56.3 Å². The molecule has 0 radical (unpaired) electrons. The Morgan fingerprint density at radius 2 is 1.74 bits per heavy atom. The van der Waals surface area contributed by atoms with Crippen LogP contribution in [0.2, 0.25) is 0 Å². The van der Waals surface area contributed by atoms with E-state index in [-0.39, 0.29) is 0 Å². The molecule has 0 atom stereocenters. The van der Waals surface area contributed by atoms with Crippen molar-refractivity contribution in [3.8, 4) is 0 Å². The zero-order valence-electron chi connectivity index (χ0n) is 11.5. The van der Waals surface area contributed by atoms with Crippen LogP contribution >= 0.6 is 0 Å². The normalized spacial score (nSPS) is 14.3. The first-order valence-electron chi connectivity index (χ1n) is 7.23. The molecule has 0 unspecified atom stereocenters. The molecule has 0 aliphatic heterocycles. The molecule has 94 valence electrons. The number of hydrogen-bond donors (Lipinski definition) is 0. The molecule has 1 aliphatic rings. The van der Waals surface area contributed by atoms with Crippen molar-refractivity contribution in [3.63, 3.8) is 0 Å². The van der Waals surface area contributed by atoms with Crippen LogP contribution in [0.25, 0.3) is 27.6 Å². The molecule has 19 heavy (non-hydrogen) atoms. The van der Waals surface area contributed by atoms with Gasteiger partial charge in [-0.05, 0) is 56.6 Å². The third-order valence-electron chi connectivity index (χ3n) is 4.46. The molecule has 0 aromatic heterocycles. The maximum absolute atomic E-state index is 2.39. The minimum Gasteiger partial charge on any atom is -0.0763 e. The molecule has 0 spiro atoms. The van der Waals surface area contributed by atoms with Crippen LogP contribution in [0.4, 0.5) is 0 Å². The fraction of sp³-hybridized carbons (Fsp3) is 0.263. The van der Waals surface area contributed by atoms with Crippen LogP contribution in [-0.4, -0.2) is 0 Å². The summed E-state index contributed by atoms with van der Waals surface area (Å²) in [7, 11) is 0. The van der Waals surface area contributed by atoms with Gasteiger partial charge in [0.2, 0.25) is 0 Å². The molecule has 0 amide bonds. The standard InChI is InChI=1S/C19H18/c1-12(2)16-10-8-15-7-6-13-4-3-5-14-9-11-17(16)19(15)18(13)14/h4,6-12H,3,5H2,1-2H3. The van der Waals surface area contributed by atoms with Crippen LogP contribution in [-0.2, 0) is 6.42 Å². The van der Waals surface area contributed by atoms with Gasteiger partial charge in [0, 0.05) is 0 Å². The highest BCUT2D eigenvalue weighted by Crippen LogP contribution is 2.34. The Kier molecular flexibility index (Phi) is 2.23. The van der Waals surface area contributed by atoms with Gasteiger partial charge >= 0.3 is 0 Å². The van der Waals surface area contributed by atoms with Gasteiger partial charge in [-0.3, -0.25) is 0 Å². The molecule has 0 bridgehead atoms. The first-order chi connectivity index (χ1) is 9.25. The van der Waals surface area contributed by atoms with E-state index < -0.39 is 0 Å². The van der Waals surface area contributed by atoms with E-state index in [1.807, 2.05) is 0 Å². The maximum atomic E-state index is 2.39. The molecule has 0 heterocycles. The molecule has 3 aromatic carbocycles. The molecule has 0 fully saturated rings. The maximum Gasteiger partial charge on any atom is -0.00273 e. The molecule has 0 saturated carbocycles. The lowest BCUT2D eigenvalue weighted by atomic mass is 9.86. The summed E-state index contributed by atoms with van der Waals surface area (Å²) in [5.41, 5.74) is 3.00. The minimum absolute atomic E-state index is 0.578. The predicted octanol–water partition coefficient (Wildman–Crippen LogP) is 4.56. The molecule has 1 aliphatic carbocycles. The second-order valence-corrected chi connectivity index (χ2v) is 5.95. The fourth-order valence-corrected chi connectivity index (χ4v) is 3.54. The van der Waals surface area contributed by atoms with E-state index in [9.17, 15) is 0 Å². The van der Waals surface area contributed by atoms with Crippen molar-refractivity contribution in [1.82, 2.24) is 0 Å². The smallest absolute Gasteiger partial charge is 0.00273 e.